The summed E-state index contributed by atoms with van der Waals surface area (Å²) in [5.74, 6) is 1.38. The zero-order chi connectivity index (χ0) is 39.7. The average molecular weight is 955 g/mol. The molecule has 0 unspecified atom stereocenters. The molecule has 0 N–H and O–H groups in total. The molecule has 1 aliphatic rings. The first-order valence-corrected chi connectivity index (χ1v) is 24.3. The minimum absolute atomic E-state index is 0. The van der Waals surface area contributed by atoms with Crippen molar-refractivity contribution in [2.45, 2.75) is 84.9 Å². The van der Waals surface area contributed by atoms with Gasteiger partial charge in [0.1, 0.15) is 5.58 Å². The summed E-state index contributed by atoms with van der Waals surface area (Å²) >= 11 is 0. The van der Waals surface area contributed by atoms with E-state index < -0.39 is 8.07 Å². The van der Waals surface area contributed by atoms with E-state index in [2.05, 4.69) is 163 Å². The van der Waals surface area contributed by atoms with Crippen molar-refractivity contribution in [1.29, 1.82) is 0 Å². The van der Waals surface area contributed by atoms with Gasteiger partial charge in [-0.2, -0.15) is 0 Å². The van der Waals surface area contributed by atoms with E-state index in [4.69, 9.17) is 14.4 Å². The third kappa shape index (κ3) is 8.55. The standard InChI is InChI=1S/C31H28NO.C22H26NSi.Ir/c1-31(2,23-11-6-7-12-23)24-17-18-32-28(20-24)27-14-8-13-26-25-16-15-22(19-29(25)33-30(26)27)21-9-4-3-5-10-21;1-16(2)13-18-14-21(23-15-22(18)24(3,4)5)20-12-8-10-17-9-6-7-11-19(17)20;/h3-5,8-10,13,15-20,23H,6-7,11-12H2,1-2H3;6-11,14-16H,13H2,1-5H3;/q2*-1;. The predicted molar refractivity (Wildman–Crippen MR) is 244 cm³/mol. The molecule has 3 heterocycles. The van der Waals surface area contributed by atoms with E-state index in [0.29, 0.717) is 5.92 Å². The fraction of sp³-hybridized carbons (Fsp3) is 0.283. The Morgan fingerprint density at radius 3 is 2.19 bits per heavy atom. The van der Waals surface area contributed by atoms with Gasteiger partial charge in [0.15, 0.2) is 0 Å². The van der Waals surface area contributed by atoms with E-state index in [9.17, 15) is 0 Å². The number of nitrogens with zero attached hydrogens (tertiary/aromatic N) is 2. The van der Waals surface area contributed by atoms with Gasteiger partial charge in [-0.05, 0) is 81.9 Å². The summed E-state index contributed by atoms with van der Waals surface area (Å²) in [6.07, 6.45) is 10.5. The van der Waals surface area contributed by atoms with Crippen LogP contribution < -0.4 is 5.19 Å². The summed E-state index contributed by atoms with van der Waals surface area (Å²) in [4.78, 5) is 9.58. The topological polar surface area (TPSA) is 38.9 Å². The molecule has 3 aromatic heterocycles. The maximum absolute atomic E-state index is 6.45. The van der Waals surface area contributed by atoms with Crippen molar-refractivity contribution < 1.29 is 24.5 Å². The molecule has 8 aromatic rings. The first-order chi connectivity index (χ1) is 27.5. The number of rotatable bonds is 8. The Hall–Kier alpha value is -4.67. The molecule has 9 rings (SSSR count). The number of hydrogen-bond acceptors (Lipinski definition) is 3. The number of benzene rings is 5. The van der Waals surface area contributed by atoms with Crippen LogP contribution in [0.1, 0.15) is 64.5 Å². The molecule has 1 aliphatic carbocycles. The molecule has 0 atom stereocenters. The average Bonchev–Trinajstić information content (AvgIpc) is 3.90. The van der Waals surface area contributed by atoms with Gasteiger partial charge in [0.05, 0.1) is 13.7 Å². The van der Waals surface area contributed by atoms with Gasteiger partial charge >= 0.3 is 0 Å². The van der Waals surface area contributed by atoms with E-state index in [0.717, 1.165) is 62.4 Å². The van der Waals surface area contributed by atoms with Crippen molar-refractivity contribution in [2.75, 3.05) is 0 Å². The molecule has 0 saturated heterocycles. The largest absolute Gasteiger partial charge is 0.501 e. The molecule has 1 fully saturated rings. The minimum atomic E-state index is -1.39. The normalized spacial score (nSPS) is 13.5. The van der Waals surface area contributed by atoms with Gasteiger partial charge in [0.25, 0.3) is 0 Å². The van der Waals surface area contributed by atoms with Crippen molar-refractivity contribution in [3.8, 4) is 33.6 Å². The van der Waals surface area contributed by atoms with Crippen LogP contribution in [-0.4, -0.2) is 18.0 Å². The van der Waals surface area contributed by atoms with Crippen LogP contribution in [0.25, 0.3) is 66.4 Å². The molecular formula is C53H54IrN2OSi-2. The second-order valence-electron chi connectivity index (χ2n) is 17.9. The number of furan rings is 1. The van der Waals surface area contributed by atoms with Gasteiger partial charge in [0.2, 0.25) is 0 Å². The van der Waals surface area contributed by atoms with Crippen LogP contribution >= 0.6 is 0 Å². The van der Waals surface area contributed by atoms with Crippen molar-refractivity contribution in [3.63, 3.8) is 0 Å². The summed E-state index contributed by atoms with van der Waals surface area (Å²) in [7, 11) is -1.39. The molecule has 0 spiro atoms. The zero-order valence-electron chi connectivity index (χ0n) is 35.0. The molecule has 0 aliphatic heterocycles. The smallest absolute Gasteiger partial charge is 0.121 e. The number of hydrogen-bond donors (Lipinski definition) is 0. The molecule has 297 valence electrons. The summed E-state index contributed by atoms with van der Waals surface area (Å²) < 4.78 is 6.45. The summed E-state index contributed by atoms with van der Waals surface area (Å²) in [5.41, 5.74) is 11.1. The van der Waals surface area contributed by atoms with Gasteiger partial charge in [-0.25, -0.2) is 0 Å². The maximum Gasteiger partial charge on any atom is 0.121 e. The van der Waals surface area contributed by atoms with Gasteiger partial charge in [-0.3, -0.25) is 0 Å². The number of fused-ring (bicyclic) bond motifs is 4. The molecule has 0 amide bonds. The Balaban J connectivity index is 0.000000183. The molecule has 0 bridgehead atoms. The Bertz CT molecular complexity index is 2660. The van der Waals surface area contributed by atoms with E-state index in [1.807, 2.05) is 24.4 Å². The Morgan fingerprint density at radius 2 is 1.43 bits per heavy atom. The fourth-order valence-electron chi connectivity index (χ4n) is 8.89. The minimum Gasteiger partial charge on any atom is -0.501 e. The number of pyridine rings is 2. The van der Waals surface area contributed by atoms with Gasteiger partial charge in [0, 0.05) is 37.9 Å². The van der Waals surface area contributed by atoms with Crippen molar-refractivity contribution >= 4 is 46.0 Å². The molecule has 1 saturated carbocycles. The Kier molecular flexibility index (Phi) is 12.4. The third-order valence-electron chi connectivity index (χ3n) is 12.1. The molecular weight excluding hydrogens is 901 g/mol. The zero-order valence-corrected chi connectivity index (χ0v) is 38.3. The molecule has 3 nitrogen and oxygen atoms in total. The number of aromatic nitrogens is 2. The fourth-order valence-corrected chi connectivity index (χ4v) is 10.5. The maximum atomic E-state index is 6.45. The van der Waals surface area contributed by atoms with E-state index in [-0.39, 0.29) is 25.5 Å². The van der Waals surface area contributed by atoms with Gasteiger partial charge < -0.3 is 14.4 Å². The van der Waals surface area contributed by atoms with E-state index in [1.54, 1.807) is 0 Å². The molecule has 5 heteroatoms. The van der Waals surface area contributed by atoms with Gasteiger partial charge in [-0.1, -0.05) is 161 Å². The Morgan fingerprint density at radius 1 is 0.724 bits per heavy atom. The summed E-state index contributed by atoms with van der Waals surface area (Å²) in [5, 5.41) is 6.19. The van der Waals surface area contributed by atoms with Crippen LogP contribution in [0, 0.1) is 24.0 Å². The molecule has 1 radical (unpaired) electrons. The van der Waals surface area contributed by atoms with E-state index >= 15 is 0 Å². The van der Waals surface area contributed by atoms with Crippen LogP contribution in [0.4, 0.5) is 0 Å². The van der Waals surface area contributed by atoms with Gasteiger partial charge in [-0.15, -0.1) is 47.3 Å². The second-order valence-corrected chi connectivity index (χ2v) is 23.0. The van der Waals surface area contributed by atoms with Crippen molar-refractivity contribution in [2.24, 2.45) is 11.8 Å². The Labute approximate surface area is 359 Å². The van der Waals surface area contributed by atoms with Crippen LogP contribution in [0.15, 0.2) is 132 Å². The predicted octanol–water partition coefficient (Wildman–Crippen LogP) is 14.0. The van der Waals surface area contributed by atoms with Crippen LogP contribution in [0.2, 0.25) is 19.6 Å². The van der Waals surface area contributed by atoms with Crippen molar-refractivity contribution in [1.82, 2.24) is 9.97 Å². The van der Waals surface area contributed by atoms with E-state index in [1.165, 1.54) is 58.3 Å². The first-order valence-electron chi connectivity index (χ1n) is 20.8. The summed E-state index contributed by atoms with van der Waals surface area (Å²) in [6, 6.07) is 47.2. The first kappa shape index (κ1) is 41.5. The van der Waals surface area contributed by atoms with Crippen molar-refractivity contribution in [3.05, 3.63) is 151 Å². The van der Waals surface area contributed by atoms with Crippen LogP contribution in [0.3, 0.4) is 0 Å². The monoisotopic (exact) mass is 955 g/mol. The SMILES string of the molecule is CC(C)(c1ccnc(-c2[c-]ccc3c2oc2cc(-c4ccccc4)ccc23)c1)C1CCCC1.CC(C)Cc1cc(-c2[c-]ccc3ccccc23)ncc1[Si](C)(C)C.[Ir]. The summed E-state index contributed by atoms with van der Waals surface area (Å²) in [6.45, 7) is 16.6. The second kappa shape index (κ2) is 17.3. The third-order valence-corrected chi connectivity index (χ3v) is 14.1. The molecule has 58 heavy (non-hydrogen) atoms. The van der Waals surface area contributed by atoms with Crippen LogP contribution in [0.5, 0.6) is 0 Å². The quantitative estimate of drug-likeness (QED) is 0.113. The van der Waals surface area contributed by atoms with Crippen LogP contribution in [-0.2, 0) is 31.9 Å². The molecule has 5 aromatic carbocycles.